The summed E-state index contributed by atoms with van der Waals surface area (Å²) in [6, 6.07) is 10.5. The number of ether oxygens (including phenoxy) is 4. The van der Waals surface area contributed by atoms with Gasteiger partial charge in [-0.2, -0.15) is 0 Å². The van der Waals surface area contributed by atoms with Crippen molar-refractivity contribution in [1.82, 2.24) is 0 Å². The summed E-state index contributed by atoms with van der Waals surface area (Å²) in [5.41, 5.74) is 1.87. The predicted molar refractivity (Wildman–Crippen MR) is 100 cm³/mol. The first-order valence-corrected chi connectivity index (χ1v) is 8.03. The van der Waals surface area contributed by atoms with E-state index in [0.29, 0.717) is 29.4 Å². The Morgan fingerprint density at radius 2 is 1.19 bits per heavy atom. The molecule has 0 aliphatic rings. The van der Waals surface area contributed by atoms with Gasteiger partial charge in [0.1, 0.15) is 0 Å². The summed E-state index contributed by atoms with van der Waals surface area (Å²) < 4.78 is 20.8. The van der Waals surface area contributed by atoms with E-state index in [-0.39, 0.29) is 0 Å². The first-order chi connectivity index (χ1) is 13.0. The van der Waals surface area contributed by atoms with Crippen molar-refractivity contribution < 1.29 is 28.5 Å². The molecule has 6 heteroatoms. The first-order valence-electron chi connectivity index (χ1n) is 8.03. The summed E-state index contributed by atoms with van der Waals surface area (Å²) in [5, 5.41) is 0. The van der Waals surface area contributed by atoms with Crippen molar-refractivity contribution in [3.63, 3.8) is 0 Å². The van der Waals surface area contributed by atoms with Crippen LogP contribution in [0.3, 0.4) is 0 Å². The smallest absolute Gasteiger partial charge is 0.335 e. The lowest BCUT2D eigenvalue weighted by Crippen LogP contribution is -2.05. The van der Waals surface area contributed by atoms with Crippen LogP contribution < -0.4 is 18.9 Å². The number of esters is 2. The predicted octanol–water partition coefficient (Wildman–Crippen LogP) is 3.48. The van der Waals surface area contributed by atoms with Crippen LogP contribution in [0.15, 0.2) is 61.7 Å². The highest BCUT2D eigenvalue weighted by Crippen LogP contribution is 2.32. The Balaban J connectivity index is 2.23. The van der Waals surface area contributed by atoms with Gasteiger partial charge in [-0.3, -0.25) is 0 Å². The van der Waals surface area contributed by atoms with Crippen LogP contribution in [0.4, 0.5) is 0 Å². The standard InChI is InChI=1S/C21H20O6/c1-5-20(22)26-16-9-7-14(12-18(16)24-3)11-15-8-10-17(19(13-15)25-4)27-21(23)6-2/h5-10,12-13H,1-2,11H2,3-4H3. The molecule has 0 saturated heterocycles. The minimum Gasteiger partial charge on any atom is -0.493 e. The molecule has 0 saturated carbocycles. The van der Waals surface area contributed by atoms with Gasteiger partial charge in [0.05, 0.1) is 14.2 Å². The molecule has 0 bridgehead atoms. The summed E-state index contributed by atoms with van der Waals surface area (Å²) >= 11 is 0. The Morgan fingerprint density at radius 1 is 0.778 bits per heavy atom. The molecule has 0 aromatic heterocycles. The molecule has 0 aliphatic heterocycles. The molecule has 0 radical (unpaired) electrons. The quantitative estimate of drug-likeness (QED) is 0.404. The van der Waals surface area contributed by atoms with E-state index in [2.05, 4.69) is 13.2 Å². The van der Waals surface area contributed by atoms with Crippen molar-refractivity contribution in [3.05, 3.63) is 72.8 Å². The van der Waals surface area contributed by atoms with Gasteiger partial charge >= 0.3 is 11.9 Å². The fourth-order valence-electron chi connectivity index (χ4n) is 2.35. The van der Waals surface area contributed by atoms with E-state index in [4.69, 9.17) is 18.9 Å². The fourth-order valence-corrected chi connectivity index (χ4v) is 2.35. The Hall–Kier alpha value is -3.54. The second-order valence-corrected chi connectivity index (χ2v) is 5.40. The molecule has 0 atom stereocenters. The lowest BCUT2D eigenvalue weighted by Gasteiger charge is -2.12. The number of methoxy groups -OCH3 is 2. The van der Waals surface area contributed by atoms with E-state index in [0.717, 1.165) is 23.3 Å². The highest BCUT2D eigenvalue weighted by atomic mass is 16.6. The molecule has 2 aromatic carbocycles. The second-order valence-electron chi connectivity index (χ2n) is 5.40. The van der Waals surface area contributed by atoms with Gasteiger partial charge in [-0.25, -0.2) is 9.59 Å². The van der Waals surface area contributed by atoms with Crippen molar-refractivity contribution in [1.29, 1.82) is 0 Å². The molecule has 0 N–H and O–H groups in total. The molecular weight excluding hydrogens is 348 g/mol. The third kappa shape index (κ3) is 5.22. The molecule has 2 rings (SSSR count). The van der Waals surface area contributed by atoms with Crippen LogP contribution in [-0.2, 0) is 16.0 Å². The van der Waals surface area contributed by atoms with E-state index < -0.39 is 11.9 Å². The summed E-state index contributed by atoms with van der Waals surface area (Å²) in [4.78, 5) is 22.7. The van der Waals surface area contributed by atoms with Gasteiger partial charge in [0, 0.05) is 12.2 Å². The molecule has 0 aliphatic carbocycles. The van der Waals surface area contributed by atoms with E-state index in [1.54, 1.807) is 24.3 Å². The van der Waals surface area contributed by atoms with Gasteiger partial charge in [-0.1, -0.05) is 25.3 Å². The molecule has 0 fully saturated rings. The van der Waals surface area contributed by atoms with Gasteiger partial charge < -0.3 is 18.9 Å². The number of carbonyl (C=O) groups excluding carboxylic acids is 2. The monoisotopic (exact) mass is 368 g/mol. The lowest BCUT2D eigenvalue weighted by molar-refractivity contribution is -0.130. The van der Waals surface area contributed by atoms with Crippen molar-refractivity contribution in [3.8, 4) is 23.0 Å². The van der Waals surface area contributed by atoms with Crippen molar-refractivity contribution in [2.24, 2.45) is 0 Å². The first kappa shape index (κ1) is 19.8. The van der Waals surface area contributed by atoms with Crippen LogP contribution in [0.2, 0.25) is 0 Å². The van der Waals surface area contributed by atoms with Crippen LogP contribution in [0.25, 0.3) is 0 Å². The van der Waals surface area contributed by atoms with Crippen molar-refractivity contribution in [2.45, 2.75) is 6.42 Å². The van der Waals surface area contributed by atoms with Crippen LogP contribution in [-0.4, -0.2) is 26.2 Å². The van der Waals surface area contributed by atoms with Crippen molar-refractivity contribution >= 4 is 11.9 Å². The van der Waals surface area contributed by atoms with Gasteiger partial charge in [-0.05, 0) is 41.8 Å². The number of benzene rings is 2. The molecule has 27 heavy (non-hydrogen) atoms. The highest BCUT2D eigenvalue weighted by molar-refractivity contribution is 5.84. The molecule has 0 heterocycles. The van der Waals surface area contributed by atoms with Crippen LogP contribution >= 0.6 is 0 Å². The third-order valence-corrected chi connectivity index (χ3v) is 3.62. The van der Waals surface area contributed by atoms with E-state index in [9.17, 15) is 9.59 Å². The Bertz CT molecular complexity index is 797. The van der Waals surface area contributed by atoms with Crippen molar-refractivity contribution in [2.75, 3.05) is 14.2 Å². The van der Waals surface area contributed by atoms with Gasteiger partial charge in [0.15, 0.2) is 23.0 Å². The summed E-state index contributed by atoms with van der Waals surface area (Å²) in [6.45, 7) is 6.74. The minimum absolute atomic E-state index is 0.315. The zero-order valence-electron chi connectivity index (χ0n) is 15.2. The molecule has 140 valence electrons. The molecule has 2 aromatic rings. The molecular formula is C21H20O6. The van der Waals surface area contributed by atoms with Gasteiger partial charge in [0.2, 0.25) is 0 Å². The van der Waals surface area contributed by atoms with Gasteiger partial charge in [-0.15, -0.1) is 0 Å². The maximum atomic E-state index is 11.4. The van der Waals surface area contributed by atoms with Crippen LogP contribution in [0.5, 0.6) is 23.0 Å². The number of rotatable bonds is 8. The SMILES string of the molecule is C=CC(=O)Oc1ccc(Cc2ccc(OC(=O)C=C)c(OC)c2)cc1OC. The maximum absolute atomic E-state index is 11.4. The lowest BCUT2D eigenvalue weighted by atomic mass is 10.0. The normalized spacial score (nSPS) is 9.85. The highest BCUT2D eigenvalue weighted by Gasteiger charge is 2.12. The molecule has 0 unspecified atom stereocenters. The zero-order chi connectivity index (χ0) is 19.8. The molecule has 0 spiro atoms. The number of hydrogen-bond acceptors (Lipinski definition) is 6. The third-order valence-electron chi connectivity index (χ3n) is 3.62. The van der Waals surface area contributed by atoms with Crippen LogP contribution in [0, 0.1) is 0 Å². The molecule has 6 nitrogen and oxygen atoms in total. The number of carbonyl (C=O) groups is 2. The Kier molecular flexibility index (Phi) is 6.77. The van der Waals surface area contributed by atoms with E-state index in [1.165, 1.54) is 14.2 Å². The summed E-state index contributed by atoms with van der Waals surface area (Å²) in [7, 11) is 2.99. The van der Waals surface area contributed by atoms with Crippen LogP contribution in [0.1, 0.15) is 11.1 Å². The average Bonchev–Trinajstić information content (AvgIpc) is 2.69. The fraction of sp³-hybridized carbons (Fsp3) is 0.143. The van der Waals surface area contributed by atoms with E-state index >= 15 is 0 Å². The number of hydrogen-bond donors (Lipinski definition) is 0. The Morgan fingerprint density at radius 3 is 1.52 bits per heavy atom. The minimum atomic E-state index is -0.560. The maximum Gasteiger partial charge on any atom is 0.335 e. The zero-order valence-corrected chi connectivity index (χ0v) is 15.2. The summed E-state index contributed by atoms with van der Waals surface area (Å²) in [5.74, 6) is 0.383. The molecule has 0 amide bonds. The average molecular weight is 368 g/mol. The Labute approximate surface area is 157 Å². The largest absolute Gasteiger partial charge is 0.493 e. The topological polar surface area (TPSA) is 71.1 Å². The van der Waals surface area contributed by atoms with E-state index in [1.807, 2.05) is 12.1 Å². The summed E-state index contributed by atoms with van der Waals surface area (Å²) in [6.07, 6.45) is 2.73. The van der Waals surface area contributed by atoms with Gasteiger partial charge in [0.25, 0.3) is 0 Å². The second kappa shape index (κ2) is 9.24.